The molecule has 1 amide bonds. The Hall–Kier alpha value is -1.52. The Morgan fingerprint density at radius 2 is 2.29 bits per heavy atom. The lowest BCUT2D eigenvalue weighted by Crippen LogP contribution is -2.25. The Bertz CT molecular complexity index is 319. The molecule has 5 nitrogen and oxygen atoms in total. The number of nitrogens with two attached hydrogens (primary N) is 1. The SMILES string of the molecule is CCCNC(=O)c1n[nH]c(CC)c1N. The largest absolute Gasteiger partial charge is 0.395 e. The van der Waals surface area contributed by atoms with Crippen LogP contribution in [0.1, 0.15) is 36.5 Å². The van der Waals surface area contributed by atoms with Gasteiger partial charge in [0, 0.05) is 6.54 Å². The summed E-state index contributed by atoms with van der Waals surface area (Å²) in [4.78, 5) is 11.5. The maximum absolute atomic E-state index is 11.5. The van der Waals surface area contributed by atoms with Crippen LogP contribution in [0.4, 0.5) is 5.69 Å². The summed E-state index contributed by atoms with van der Waals surface area (Å²) in [5.74, 6) is -0.208. The monoisotopic (exact) mass is 196 g/mol. The van der Waals surface area contributed by atoms with E-state index < -0.39 is 0 Å². The van der Waals surface area contributed by atoms with E-state index in [0.29, 0.717) is 17.9 Å². The molecule has 0 aliphatic heterocycles. The number of rotatable bonds is 4. The summed E-state index contributed by atoms with van der Waals surface area (Å²) in [6.45, 7) is 4.59. The lowest BCUT2D eigenvalue weighted by Gasteiger charge is -2.00. The van der Waals surface area contributed by atoms with Gasteiger partial charge in [0.25, 0.3) is 5.91 Å². The van der Waals surface area contributed by atoms with Crippen molar-refractivity contribution in [1.29, 1.82) is 0 Å². The van der Waals surface area contributed by atoms with Crippen molar-refractivity contribution in [2.75, 3.05) is 12.3 Å². The van der Waals surface area contributed by atoms with Gasteiger partial charge >= 0.3 is 0 Å². The van der Waals surface area contributed by atoms with Gasteiger partial charge in [-0.2, -0.15) is 5.10 Å². The summed E-state index contributed by atoms with van der Waals surface area (Å²) in [7, 11) is 0. The average molecular weight is 196 g/mol. The van der Waals surface area contributed by atoms with Crippen LogP contribution in [-0.4, -0.2) is 22.6 Å². The maximum atomic E-state index is 11.5. The molecule has 0 aliphatic carbocycles. The van der Waals surface area contributed by atoms with E-state index >= 15 is 0 Å². The first-order valence-corrected chi connectivity index (χ1v) is 4.81. The van der Waals surface area contributed by atoms with E-state index in [1.54, 1.807) is 0 Å². The highest BCUT2D eigenvalue weighted by molar-refractivity contribution is 5.97. The van der Waals surface area contributed by atoms with Crippen molar-refractivity contribution in [2.24, 2.45) is 0 Å². The molecule has 5 heteroatoms. The van der Waals surface area contributed by atoms with Crippen LogP contribution in [0.5, 0.6) is 0 Å². The molecule has 1 rings (SSSR count). The van der Waals surface area contributed by atoms with E-state index in [0.717, 1.165) is 18.5 Å². The second-order valence-corrected chi connectivity index (χ2v) is 3.07. The van der Waals surface area contributed by atoms with Crippen LogP contribution in [-0.2, 0) is 6.42 Å². The number of amides is 1. The standard InChI is InChI=1S/C9H16N4O/c1-3-5-11-9(14)8-7(10)6(4-2)12-13-8/h3-5,10H2,1-2H3,(H,11,14)(H,12,13). The number of aromatic amines is 1. The van der Waals surface area contributed by atoms with Gasteiger partial charge in [-0.15, -0.1) is 0 Å². The number of anilines is 1. The van der Waals surface area contributed by atoms with Crippen LogP contribution in [0.3, 0.4) is 0 Å². The van der Waals surface area contributed by atoms with Crippen LogP contribution < -0.4 is 11.1 Å². The number of nitrogen functional groups attached to an aromatic ring is 1. The van der Waals surface area contributed by atoms with Crippen molar-refractivity contribution in [2.45, 2.75) is 26.7 Å². The molecular weight excluding hydrogens is 180 g/mol. The third-order valence-corrected chi connectivity index (χ3v) is 1.99. The topological polar surface area (TPSA) is 83.8 Å². The minimum Gasteiger partial charge on any atom is -0.395 e. The van der Waals surface area contributed by atoms with Crippen molar-refractivity contribution >= 4 is 11.6 Å². The molecule has 0 radical (unpaired) electrons. The van der Waals surface area contributed by atoms with Crippen molar-refractivity contribution in [3.05, 3.63) is 11.4 Å². The van der Waals surface area contributed by atoms with Crippen LogP contribution in [0, 0.1) is 0 Å². The van der Waals surface area contributed by atoms with Gasteiger partial charge < -0.3 is 11.1 Å². The Labute approximate surface area is 83.1 Å². The van der Waals surface area contributed by atoms with E-state index in [1.807, 2.05) is 13.8 Å². The fourth-order valence-corrected chi connectivity index (χ4v) is 1.15. The van der Waals surface area contributed by atoms with E-state index in [1.165, 1.54) is 0 Å². The van der Waals surface area contributed by atoms with Crippen molar-refractivity contribution in [3.8, 4) is 0 Å². The average Bonchev–Trinajstić information content (AvgIpc) is 2.56. The lowest BCUT2D eigenvalue weighted by molar-refractivity contribution is 0.0949. The Balaban J connectivity index is 2.75. The molecule has 1 aromatic heterocycles. The number of carbonyl (C=O) groups excluding carboxylic acids is 1. The van der Waals surface area contributed by atoms with Crippen molar-refractivity contribution in [3.63, 3.8) is 0 Å². The zero-order valence-electron chi connectivity index (χ0n) is 8.55. The van der Waals surface area contributed by atoms with Gasteiger partial charge in [-0.1, -0.05) is 13.8 Å². The summed E-state index contributed by atoms with van der Waals surface area (Å²) in [6, 6.07) is 0. The van der Waals surface area contributed by atoms with Crippen LogP contribution >= 0.6 is 0 Å². The van der Waals surface area contributed by atoms with Gasteiger partial charge in [-0.05, 0) is 12.8 Å². The minimum atomic E-state index is -0.208. The lowest BCUT2D eigenvalue weighted by atomic mass is 10.2. The quantitative estimate of drug-likeness (QED) is 0.662. The van der Waals surface area contributed by atoms with E-state index in [4.69, 9.17) is 5.73 Å². The predicted molar refractivity (Wildman–Crippen MR) is 55.0 cm³/mol. The number of hydrogen-bond acceptors (Lipinski definition) is 3. The Morgan fingerprint density at radius 3 is 2.79 bits per heavy atom. The number of aryl methyl sites for hydroxylation is 1. The molecule has 0 saturated carbocycles. The summed E-state index contributed by atoms with van der Waals surface area (Å²) < 4.78 is 0. The molecule has 0 fully saturated rings. The number of H-pyrrole nitrogens is 1. The van der Waals surface area contributed by atoms with Gasteiger partial charge in [0.2, 0.25) is 0 Å². The molecule has 0 atom stereocenters. The highest BCUT2D eigenvalue weighted by Gasteiger charge is 2.15. The normalized spacial score (nSPS) is 10.1. The number of nitrogens with zero attached hydrogens (tertiary/aromatic N) is 1. The van der Waals surface area contributed by atoms with Gasteiger partial charge in [0.15, 0.2) is 5.69 Å². The molecule has 0 spiro atoms. The van der Waals surface area contributed by atoms with E-state index in [9.17, 15) is 4.79 Å². The molecular formula is C9H16N4O. The molecule has 1 heterocycles. The Morgan fingerprint density at radius 1 is 1.57 bits per heavy atom. The first-order valence-electron chi connectivity index (χ1n) is 4.81. The third-order valence-electron chi connectivity index (χ3n) is 1.99. The summed E-state index contributed by atoms with van der Waals surface area (Å²) in [5, 5.41) is 9.35. The minimum absolute atomic E-state index is 0.208. The second kappa shape index (κ2) is 4.64. The molecule has 14 heavy (non-hydrogen) atoms. The number of hydrogen-bond donors (Lipinski definition) is 3. The predicted octanol–water partition coefficient (Wildman–Crippen LogP) is 0.694. The molecule has 0 aliphatic rings. The van der Waals surface area contributed by atoms with Crippen LogP contribution in [0.25, 0.3) is 0 Å². The fourth-order valence-electron chi connectivity index (χ4n) is 1.15. The number of carbonyl (C=O) groups is 1. The number of nitrogens with one attached hydrogen (secondary N) is 2. The first-order chi connectivity index (χ1) is 6.70. The van der Waals surface area contributed by atoms with Crippen LogP contribution in [0.2, 0.25) is 0 Å². The van der Waals surface area contributed by atoms with Gasteiger partial charge in [-0.3, -0.25) is 9.89 Å². The smallest absolute Gasteiger partial charge is 0.273 e. The van der Waals surface area contributed by atoms with Crippen molar-refractivity contribution < 1.29 is 4.79 Å². The van der Waals surface area contributed by atoms with Gasteiger partial charge in [0.1, 0.15) is 0 Å². The molecule has 0 unspecified atom stereocenters. The first kappa shape index (κ1) is 10.6. The maximum Gasteiger partial charge on any atom is 0.273 e. The molecule has 0 bridgehead atoms. The molecule has 1 aromatic rings. The summed E-state index contributed by atoms with van der Waals surface area (Å²) in [6.07, 6.45) is 1.65. The summed E-state index contributed by atoms with van der Waals surface area (Å²) in [5.41, 5.74) is 7.30. The third kappa shape index (κ3) is 2.04. The second-order valence-electron chi connectivity index (χ2n) is 3.07. The van der Waals surface area contributed by atoms with Gasteiger partial charge in [-0.25, -0.2) is 0 Å². The highest BCUT2D eigenvalue weighted by Crippen LogP contribution is 2.13. The van der Waals surface area contributed by atoms with Crippen LogP contribution in [0.15, 0.2) is 0 Å². The van der Waals surface area contributed by atoms with E-state index in [-0.39, 0.29) is 5.91 Å². The Kier molecular flexibility index (Phi) is 3.50. The van der Waals surface area contributed by atoms with E-state index in [2.05, 4.69) is 15.5 Å². The highest BCUT2D eigenvalue weighted by atomic mass is 16.1. The zero-order valence-corrected chi connectivity index (χ0v) is 8.55. The van der Waals surface area contributed by atoms with Gasteiger partial charge in [0.05, 0.1) is 11.4 Å². The number of aromatic nitrogens is 2. The zero-order chi connectivity index (χ0) is 10.6. The molecule has 0 aromatic carbocycles. The fraction of sp³-hybridized carbons (Fsp3) is 0.556. The summed E-state index contributed by atoms with van der Waals surface area (Å²) >= 11 is 0. The van der Waals surface area contributed by atoms with Crippen molar-refractivity contribution in [1.82, 2.24) is 15.5 Å². The molecule has 78 valence electrons. The molecule has 4 N–H and O–H groups in total. The molecule has 0 saturated heterocycles.